The molecule has 0 bridgehead atoms. The number of urea groups is 1. The number of anilines is 1. The lowest BCUT2D eigenvalue weighted by Crippen LogP contribution is -2.54. The van der Waals surface area contributed by atoms with Crippen LogP contribution in [0.15, 0.2) is 96.6 Å². The van der Waals surface area contributed by atoms with Crippen LogP contribution >= 0.6 is 34.8 Å². The highest BCUT2D eigenvalue weighted by molar-refractivity contribution is 6.42. The number of hydrogen-bond donors (Lipinski definition) is 1. The number of carbonyl (C=O) groups is 3. The first-order valence-electron chi connectivity index (χ1n) is 12.3. The number of carbonyl (C=O) groups excluding carboxylic acids is 3. The molecule has 4 aromatic rings. The molecule has 1 fully saturated rings. The average Bonchev–Trinajstić information content (AvgIpc) is 2.97. The van der Waals surface area contributed by atoms with Crippen LogP contribution < -0.4 is 19.7 Å². The molecule has 0 unspecified atom stereocenters. The molecule has 0 aromatic heterocycles. The van der Waals surface area contributed by atoms with Gasteiger partial charge in [-0.1, -0.05) is 71.2 Å². The van der Waals surface area contributed by atoms with Crippen LogP contribution in [-0.2, 0) is 22.8 Å². The molecule has 0 spiro atoms. The van der Waals surface area contributed by atoms with Crippen LogP contribution in [0.2, 0.25) is 15.1 Å². The van der Waals surface area contributed by atoms with Crippen molar-refractivity contribution in [3.63, 3.8) is 0 Å². The monoisotopic (exact) mass is 606 g/mol. The highest BCUT2D eigenvalue weighted by Gasteiger charge is 2.36. The van der Waals surface area contributed by atoms with E-state index in [-0.39, 0.29) is 24.5 Å². The van der Waals surface area contributed by atoms with E-state index in [1.807, 2.05) is 24.3 Å². The fourth-order valence-corrected chi connectivity index (χ4v) is 4.49. The molecule has 0 saturated carbocycles. The summed E-state index contributed by atoms with van der Waals surface area (Å²) in [7, 11) is 0. The summed E-state index contributed by atoms with van der Waals surface area (Å²) in [6, 6.07) is 24.9. The molecule has 1 N–H and O–H groups in total. The first-order chi connectivity index (χ1) is 19.8. The zero-order chi connectivity index (χ0) is 28.9. The van der Waals surface area contributed by atoms with E-state index in [2.05, 4.69) is 5.32 Å². The van der Waals surface area contributed by atoms with Gasteiger partial charge in [-0.25, -0.2) is 9.69 Å². The predicted molar refractivity (Wildman–Crippen MR) is 158 cm³/mol. The van der Waals surface area contributed by atoms with Crippen LogP contribution in [0.1, 0.15) is 16.7 Å². The summed E-state index contributed by atoms with van der Waals surface area (Å²) in [6.07, 6.45) is 1.42. The van der Waals surface area contributed by atoms with Gasteiger partial charge in [0, 0.05) is 10.6 Å². The summed E-state index contributed by atoms with van der Waals surface area (Å²) in [5.41, 5.74) is 2.33. The summed E-state index contributed by atoms with van der Waals surface area (Å²) in [5.74, 6) is -0.433. The first kappa shape index (κ1) is 28.2. The van der Waals surface area contributed by atoms with Crippen LogP contribution in [0.5, 0.6) is 11.5 Å². The second kappa shape index (κ2) is 12.5. The first-order valence-corrected chi connectivity index (χ1v) is 13.5. The van der Waals surface area contributed by atoms with E-state index in [0.717, 1.165) is 16.0 Å². The number of benzene rings is 4. The van der Waals surface area contributed by atoms with Gasteiger partial charge in [0.1, 0.15) is 30.3 Å². The highest BCUT2D eigenvalue weighted by atomic mass is 35.5. The molecule has 1 saturated heterocycles. The summed E-state index contributed by atoms with van der Waals surface area (Å²) in [5, 5.41) is 3.72. The maximum absolute atomic E-state index is 13.2. The molecule has 10 heteroatoms. The van der Waals surface area contributed by atoms with Crippen LogP contribution in [0.4, 0.5) is 10.5 Å². The van der Waals surface area contributed by atoms with Gasteiger partial charge < -0.3 is 9.47 Å². The second-order valence-corrected chi connectivity index (χ2v) is 10.2. The van der Waals surface area contributed by atoms with Gasteiger partial charge in [0.15, 0.2) is 0 Å². The van der Waals surface area contributed by atoms with E-state index in [9.17, 15) is 14.4 Å². The van der Waals surface area contributed by atoms with Crippen LogP contribution in [-0.4, -0.2) is 17.8 Å². The number of imide groups is 2. The highest BCUT2D eigenvalue weighted by Crippen LogP contribution is 2.27. The van der Waals surface area contributed by atoms with Crippen molar-refractivity contribution >= 4 is 64.4 Å². The van der Waals surface area contributed by atoms with Crippen molar-refractivity contribution in [3.8, 4) is 11.5 Å². The molecule has 1 aliphatic heterocycles. The Balaban J connectivity index is 1.26. The van der Waals surface area contributed by atoms with Gasteiger partial charge in [0.2, 0.25) is 0 Å². The van der Waals surface area contributed by atoms with Crippen molar-refractivity contribution in [3.05, 3.63) is 128 Å². The lowest BCUT2D eigenvalue weighted by atomic mass is 10.1. The maximum atomic E-state index is 13.2. The Hall–Kier alpha value is -4.30. The van der Waals surface area contributed by atoms with Crippen molar-refractivity contribution in [2.45, 2.75) is 13.2 Å². The number of rotatable bonds is 8. The van der Waals surface area contributed by atoms with Gasteiger partial charge in [0.05, 0.1) is 15.7 Å². The second-order valence-electron chi connectivity index (χ2n) is 8.94. The molecular formula is C31H21Cl3N2O5. The number of barbiturate groups is 1. The molecule has 206 valence electrons. The fourth-order valence-electron chi connectivity index (χ4n) is 3.98. The van der Waals surface area contributed by atoms with Crippen molar-refractivity contribution in [1.29, 1.82) is 0 Å². The maximum Gasteiger partial charge on any atom is 0.335 e. The summed E-state index contributed by atoms with van der Waals surface area (Å²) < 4.78 is 11.6. The lowest BCUT2D eigenvalue weighted by Gasteiger charge is -2.26. The number of nitrogens with one attached hydrogen (secondary N) is 1. The van der Waals surface area contributed by atoms with Crippen molar-refractivity contribution in [1.82, 2.24) is 5.32 Å². The number of ether oxygens (including phenoxy) is 2. The molecule has 0 atom stereocenters. The predicted octanol–water partition coefficient (Wildman–Crippen LogP) is 7.47. The Kier molecular flexibility index (Phi) is 8.59. The lowest BCUT2D eigenvalue weighted by molar-refractivity contribution is -0.122. The van der Waals surface area contributed by atoms with Crippen LogP contribution in [0, 0.1) is 0 Å². The largest absolute Gasteiger partial charge is 0.489 e. The smallest absolute Gasteiger partial charge is 0.335 e. The fraction of sp³-hybridized carbons (Fsp3) is 0.0645. The van der Waals surface area contributed by atoms with E-state index in [1.54, 1.807) is 66.7 Å². The molecule has 41 heavy (non-hydrogen) atoms. The van der Waals surface area contributed by atoms with Gasteiger partial charge >= 0.3 is 6.03 Å². The van der Waals surface area contributed by atoms with Crippen LogP contribution in [0.25, 0.3) is 6.08 Å². The molecule has 7 nitrogen and oxygen atoms in total. The molecule has 5 rings (SSSR count). The quantitative estimate of drug-likeness (QED) is 0.166. The number of hydrogen-bond acceptors (Lipinski definition) is 5. The average molecular weight is 608 g/mol. The van der Waals surface area contributed by atoms with E-state index in [1.165, 1.54) is 6.08 Å². The molecule has 0 radical (unpaired) electrons. The minimum atomic E-state index is -0.840. The molecular weight excluding hydrogens is 587 g/mol. The molecule has 0 aliphatic carbocycles. The third-order valence-electron chi connectivity index (χ3n) is 6.13. The standard InChI is InChI=1S/C31H21Cl3N2O5/c32-26-4-2-1-3-21(26)18-41-24-12-8-22(9-13-24)36-30(38)25(29(37)35-31(36)39)15-19-5-10-23(11-6-19)40-17-20-7-14-27(33)28(34)16-20/h1-16H,17-18H2,(H,35,37,39)/b25-15+. The van der Waals surface area contributed by atoms with Gasteiger partial charge in [0.25, 0.3) is 11.8 Å². The SMILES string of the molecule is O=C1NC(=O)N(c2ccc(OCc3ccccc3Cl)cc2)C(=O)/C1=C/c1ccc(OCc2ccc(Cl)c(Cl)c2)cc1. The third-order valence-corrected chi connectivity index (χ3v) is 7.24. The zero-order valence-corrected chi connectivity index (χ0v) is 23.5. The number of halogens is 3. The van der Waals surface area contributed by atoms with Gasteiger partial charge in [-0.3, -0.25) is 14.9 Å². The van der Waals surface area contributed by atoms with Crippen molar-refractivity contribution < 1.29 is 23.9 Å². The van der Waals surface area contributed by atoms with E-state index < -0.39 is 17.8 Å². The molecule has 4 amide bonds. The summed E-state index contributed by atoms with van der Waals surface area (Å²) in [4.78, 5) is 39.3. The number of amides is 4. The Bertz CT molecular complexity index is 1650. The van der Waals surface area contributed by atoms with Crippen molar-refractivity contribution in [2.75, 3.05) is 4.90 Å². The summed E-state index contributed by atoms with van der Waals surface area (Å²) in [6.45, 7) is 0.530. The van der Waals surface area contributed by atoms with Gasteiger partial charge in [-0.2, -0.15) is 0 Å². The summed E-state index contributed by atoms with van der Waals surface area (Å²) >= 11 is 18.2. The minimum absolute atomic E-state index is 0.187. The Morgan fingerprint density at radius 3 is 2.05 bits per heavy atom. The van der Waals surface area contributed by atoms with Gasteiger partial charge in [-0.15, -0.1) is 0 Å². The minimum Gasteiger partial charge on any atom is -0.489 e. The zero-order valence-electron chi connectivity index (χ0n) is 21.3. The van der Waals surface area contributed by atoms with Crippen molar-refractivity contribution in [2.24, 2.45) is 0 Å². The van der Waals surface area contributed by atoms with E-state index in [0.29, 0.717) is 32.1 Å². The molecule has 4 aromatic carbocycles. The topological polar surface area (TPSA) is 84.9 Å². The Morgan fingerprint density at radius 2 is 1.37 bits per heavy atom. The number of nitrogens with zero attached hydrogens (tertiary/aromatic N) is 1. The normalized spacial score (nSPS) is 14.3. The molecule has 1 aliphatic rings. The van der Waals surface area contributed by atoms with Crippen LogP contribution in [0.3, 0.4) is 0 Å². The Morgan fingerprint density at radius 1 is 0.707 bits per heavy atom. The third kappa shape index (κ3) is 6.72. The molecule has 1 heterocycles. The van der Waals surface area contributed by atoms with Gasteiger partial charge in [-0.05, 0) is 71.8 Å². The van der Waals surface area contributed by atoms with E-state index >= 15 is 0 Å². The van der Waals surface area contributed by atoms with E-state index in [4.69, 9.17) is 44.3 Å². The Labute approximate surface area is 250 Å².